The summed E-state index contributed by atoms with van der Waals surface area (Å²) in [6, 6.07) is 87.0. The zero-order valence-electron chi connectivity index (χ0n) is 32.0. The molecule has 0 atom stereocenters. The summed E-state index contributed by atoms with van der Waals surface area (Å²) >= 11 is 0. The van der Waals surface area contributed by atoms with Crippen LogP contribution in [0.1, 0.15) is 11.1 Å². The number of benzene rings is 9. The van der Waals surface area contributed by atoms with Gasteiger partial charge in [-0.2, -0.15) is 0 Å². The van der Waals surface area contributed by atoms with Crippen molar-refractivity contribution in [3.05, 3.63) is 248 Å². The highest BCUT2D eigenvalue weighted by atomic mass is 15.5. The van der Waals surface area contributed by atoms with E-state index in [1.165, 1.54) is 72.3 Å². The third-order valence-corrected chi connectivity index (χ3v) is 12.1. The lowest BCUT2D eigenvalue weighted by Crippen LogP contribution is -2.68. The molecule has 2 aliphatic rings. The second-order valence-corrected chi connectivity index (χ2v) is 15.2. The molecule has 9 aromatic carbocycles. The van der Waals surface area contributed by atoms with Crippen LogP contribution < -0.4 is 26.2 Å². The lowest BCUT2D eigenvalue weighted by molar-refractivity contribution is 0.563. The Morgan fingerprint density at radius 3 is 1.09 bits per heavy atom. The van der Waals surface area contributed by atoms with Crippen LogP contribution in [0.3, 0.4) is 0 Å². The smallest absolute Gasteiger partial charge is 0.243 e. The monoisotopic (exact) mass is 738 g/mol. The summed E-state index contributed by atoms with van der Waals surface area (Å²) in [4.78, 5) is 5.19. The van der Waals surface area contributed by atoms with Gasteiger partial charge in [-0.1, -0.05) is 204 Å². The maximum atomic E-state index is 2.60. The summed E-state index contributed by atoms with van der Waals surface area (Å²) in [5.74, 6) is 0. The molecular weight excluding hydrogens is 699 g/mol. The Kier molecular flexibility index (Phi) is 8.18. The van der Waals surface area contributed by atoms with Gasteiger partial charge in [-0.3, -0.25) is 0 Å². The van der Waals surface area contributed by atoms with E-state index < -0.39 is 5.66 Å². The maximum absolute atomic E-state index is 2.60. The second kappa shape index (κ2) is 14.0. The van der Waals surface area contributed by atoms with Gasteiger partial charge in [0.25, 0.3) is 0 Å². The topological polar surface area (TPSA) is 6.48 Å². The molecule has 0 N–H and O–H groups in total. The van der Waals surface area contributed by atoms with Gasteiger partial charge in [-0.05, 0) is 93.0 Å². The van der Waals surface area contributed by atoms with Crippen molar-refractivity contribution in [2.75, 3.05) is 9.80 Å². The highest BCUT2D eigenvalue weighted by Gasteiger charge is 2.58. The Morgan fingerprint density at radius 2 is 0.655 bits per heavy atom. The third-order valence-electron chi connectivity index (χ3n) is 12.1. The largest absolute Gasteiger partial charge is 0.308 e. The Morgan fingerprint density at radius 1 is 0.310 bits per heavy atom. The molecule has 272 valence electrons. The van der Waals surface area contributed by atoms with Crippen molar-refractivity contribution >= 4 is 45.9 Å². The van der Waals surface area contributed by atoms with Gasteiger partial charge in [-0.25, -0.2) is 0 Å². The molecule has 0 saturated heterocycles. The highest BCUT2D eigenvalue weighted by molar-refractivity contribution is 6.98. The van der Waals surface area contributed by atoms with Crippen molar-refractivity contribution in [1.29, 1.82) is 0 Å². The molecule has 2 heterocycles. The Bertz CT molecular complexity index is 2720. The number of nitrogens with zero attached hydrogens (tertiary/aromatic N) is 2. The summed E-state index contributed by atoms with van der Waals surface area (Å²) in [6.45, 7) is -0.0905. The van der Waals surface area contributed by atoms with Crippen LogP contribution in [-0.2, 0) is 5.66 Å². The number of anilines is 4. The number of hydrogen-bond donors (Lipinski definition) is 0. The van der Waals surface area contributed by atoms with Crippen LogP contribution >= 0.6 is 0 Å². The van der Waals surface area contributed by atoms with Crippen molar-refractivity contribution in [1.82, 2.24) is 0 Å². The zero-order chi connectivity index (χ0) is 38.5. The van der Waals surface area contributed by atoms with E-state index in [0.29, 0.717) is 0 Å². The molecule has 0 radical (unpaired) electrons. The number of fused-ring (bicyclic) bond motifs is 5. The molecular formula is C55H39BN2. The van der Waals surface area contributed by atoms with E-state index in [-0.39, 0.29) is 6.71 Å². The average molecular weight is 739 g/mol. The Labute approximate surface area is 341 Å². The van der Waals surface area contributed by atoms with Gasteiger partial charge < -0.3 is 9.80 Å². The first-order chi connectivity index (χ1) is 28.8. The van der Waals surface area contributed by atoms with Crippen molar-refractivity contribution in [3.8, 4) is 33.4 Å². The molecule has 0 aliphatic carbocycles. The molecule has 0 fully saturated rings. The Balaban J connectivity index is 1.28. The average Bonchev–Trinajstić information content (AvgIpc) is 3.62. The van der Waals surface area contributed by atoms with Gasteiger partial charge >= 0.3 is 0 Å². The van der Waals surface area contributed by atoms with Crippen LogP contribution in [0.2, 0.25) is 0 Å². The van der Waals surface area contributed by atoms with Crippen molar-refractivity contribution in [2.24, 2.45) is 0 Å². The molecule has 0 aromatic heterocycles. The predicted octanol–water partition coefficient (Wildman–Crippen LogP) is 11.7. The molecule has 0 bridgehead atoms. The van der Waals surface area contributed by atoms with E-state index >= 15 is 0 Å². The minimum Gasteiger partial charge on any atom is -0.308 e. The minimum absolute atomic E-state index is 0.0905. The highest BCUT2D eigenvalue weighted by Crippen LogP contribution is 2.59. The summed E-state index contributed by atoms with van der Waals surface area (Å²) in [6.07, 6.45) is 0. The van der Waals surface area contributed by atoms with Crippen LogP contribution in [-0.4, -0.2) is 6.71 Å². The van der Waals surface area contributed by atoms with Gasteiger partial charge in [0.2, 0.25) is 6.71 Å². The van der Waals surface area contributed by atoms with Crippen LogP contribution in [0.15, 0.2) is 237 Å². The fourth-order valence-electron chi connectivity index (χ4n) is 9.81. The van der Waals surface area contributed by atoms with E-state index in [1.54, 1.807) is 0 Å². The van der Waals surface area contributed by atoms with Gasteiger partial charge in [0.05, 0.1) is 11.4 Å². The van der Waals surface area contributed by atoms with Gasteiger partial charge in [0, 0.05) is 11.4 Å². The van der Waals surface area contributed by atoms with E-state index in [0.717, 1.165) is 11.4 Å². The van der Waals surface area contributed by atoms with E-state index in [4.69, 9.17) is 0 Å². The molecule has 3 heteroatoms. The molecule has 0 unspecified atom stereocenters. The maximum Gasteiger partial charge on any atom is 0.243 e. The molecule has 1 spiro atoms. The SMILES string of the molecule is c1ccc(-c2cc(-c3ccccc3)c(B3c4ccccc4C4(c5ccccc53)N(c3ccccc3)c3ccccc3N4c3ccccc3)c(-c3ccccc3)c2)cc1. The number of para-hydroxylation sites is 4. The number of rotatable bonds is 6. The first kappa shape index (κ1) is 33.9. The fourth-order valence-corrected chi connectivity index (χ4v) is 9.81. The van der Waals surface area contributed by atoms with Gasteiger partial charge in [0.1, 0.15) is 0 Å². The van der Waals surface area contributed by atoms with E-state index in [2.05, 4.69) is 246 Å². The minimum atomic E-state index is -0.764. The lowest BCUT2D eigenvalue weighted by Gasteiger charge is -2.51. The first-order valence-electron chi connectivity index (χ1n) is 20.1. The third kappa shape index (κ3) is 5.21. The molecule has 0 saturated carbocycles. The fraction of sp³-hybridized carbons (Fsp3) is 0.0182. The summed E-state index contributed by atoms with van der Waals surface area (Å²) < 4.78 is 0. The quantitative estimate of drug-likeness (QED) is 0.157. The summed E-state index contributed by atoms with van der Waals surface area (Å²) in [5, 5.41) is 0. The van der Waals surface area contributed by atoms with Crippen LogP contribution in [0.25, 0.3) is 33.4 Å². The van der Waals surface area contributed by atoms with Crippen molar-refractivity contribution in [3.63, 3.8) is 0 Å². The predicted molar refractivity (Wildman–Crippen MR) is 245 cm³/mol. The number of hydrogen-bond acceptors (Lipinski definition) is 2. The van der Waals surface area contributed by atoms with Crippen molar-refractivity contribution in [2.45, 2.75) is 5.66 Å². The van der Waals surface area contributed by atoms with Gasteiger partial charge in [-0.15, -0.1) is 0 Å². The van der Waals surface area contributed by atoms with Crippen LogP contribution in [0, 0.1) is 0 Å². The Hall–Kier alpha value is -7.36. The lowest BCUT2D eigenvalue weighted by atomic mass is 9.31. The van der Waals surface area contributed by atoms with E-state index in [1.807, 2.05) is 0 Å². The molecule has 0 amide bonds. The molecule has 2 aliphatic heterocycles. The molecule has 58 heavy (non-hydrogen) atoms. The van der Waals surface area contributed by atoms with E-state index in [9.17, 15) is 0 Å². The zero-order valence-corrected chi connectivity index (χ0v) is 32.0. The molecule has 9 aromatic rings. The van der Waals surface area contributed by atoms with Gasteiger partial charge in [0.15, 0.2) is 5.66 Å². The van der Waals surface area contributed by atoms with Crippen LogP contribution in [0.4, 0.5) is 22.7 Å². The van der Waals surface area contributed by atoms with Crippen molar-refractivity contribution < 1.29 is 0 Å². The summed E-state index contributed by atoms with van der Waals surface area (Å²) in [7, 11) is 0. The normalized spacial score (nSPS) is 13.6. The molecule has 2 nitrogen and oxygen atoms in total. The first-order valence-corrected chi connectivity index (χ1v) is 20.1. The standard InChI is InChI=1S/C55H39BN2/c1-6-22-40(23-7-1)43-38-46(41-24-8-2-9-25-41)54(47(39-43)42-26-10-3-11-27-42)56-50-34-18-16-32-48(50)55(49-33-17-19-35-51(49)56)57(44-28-12-4-13-29-44)52-36-20-21-37-53(52)58(55)45-30-14-5-15-31-45/h1-39H. The van der Waals surface area contributed by atoms with Crippen LogP contribution in [0.5, 0.6) is 0 Å². The second-order valence-electron chi connectivity index (χ2n) is 15.2. The molecule has 11 rings (SSSR count). The summed E-state index contributed by atoms with van der Waals surface area (Å²) in [5.41, 5.74) is 17.5.